The number of benzene rings is 1. The maximum Gasteiger partial charge on any atom is 0.353 e. The molecule has 6 heteroatoms. The van der Waals surface area contributed by atoms with Crippen molar-refractivity contribution in [2.24, 2.45) is 10.2 Å². The van der Waals surface area contributed by atoms with Gasteiger partial charge in [0.25, 0.3) is 0 Å². The van der Waals surface area contributed by atoms with Gasteiger partial charge < -0.3 is 4.84 Å². The van der Waals surface area contributed by atoms with Crippen LogP contribution in [0.4, 0.5) is 5.69 Å². The summed E-state index contributed by atoms with van der Waals surface area (Å²) >= 11 is 3.35. The van der Waals surface area contributed by atoms with E-state index in [1.165, 1.54) is 0 Å². The number of azo groups is 1. The van der Waals surface area contributed by atoms with Crippen LogP contribution in [0, 0.1) is 0 Å². The van der Waals surface area contributed by atoms with Gasteiger partial charge in [0.05, 0.1) is 11.7 Å². The van der Waals surface area contributed by atoms with E-state index in [2.05, 4.69) is 36.5 Å². The lowest BCUT2D eigenvalue weighted by Crippen LogP contribution is -2.26. The summed E-state index contributed by atoms with van der Waals surface area (Å²) in [6, 6.07) is 6.69. The number of rotatable bonds is 2. The molecule has 0 bridgehead atoms. The molecule has 1 aliphatic heterocycles. The van der Waals surface area contributed by atoms with Gasteiger partial charge in [0.2, 0.25) is 0 Å². The summed E-state index contributed by atoms with van der Waals surface area (Å²) in [6.45, 7) is 1.81. The van der Waals surface area contributed by atoms with E-state index in [1.807, 2.05) is 31.2 Å². The monoisotopic (exact) mass is 283 g/mol. The predicted octanol–water partition coefficient (Wildman–Crippen LogP) is 2.35. The highest BCUT2D eigenvalue weighted by atomic mass is 79.9. The third kappa shape index (κ3) is 2.28. The van der Waals surface area contributed by atoms with E-state index in [0.29, 0.717) is 5.69 Å². The largest absolute Gasteiger partial charge is 0.368 e. The molecule has 0 spiro atoms. The van der Waals surface area contributed by atoms with Crippen molar-refractivity contribution in [1.82, 2.24) is 5.48 Å². The SMILES string of the molecule is C[C@@H]1NOC(=O)[C@H]1N=Nc1ccccc1Br. The zero-order valence-corrected chi connectivity index (χ0v) is 10.1. The van der Waals surface area contributed by atoms with Crippen molar-refractivity contribution in [1.29, 1.82) is 0 Å². The van der Waals surface area contributed by atoms with E-state index >= 15 is 0 Å². The van der Waals surface area contributed by atoms with Gasteiger partial charge in [-0.15, -0.1) is 5.48 Å². The summed E-state index contributed by atoms with van der Waals surface area (Å²) in [5.74, 6) is -0.400. The van der Waals surface area contributed by atoms with Gasteiger partial charge in [-0.25, -0.2) is 4.79 Å². The van der Waals surface area contributed by atoms with Gasteiger partial charge in [0, 0.05) is 4.47 Å². The first-order chi connectivity index (χ1) is 7.68. The lowest BCUT2D eigenvalue weighted by molar-refractivity contribution is -0.143. The Morgan fingerprint density at radius 3 is 2.81 bits per heavy atom. The van der Waals surface area contributed by atoms with E-state index in [-0.39, 0.29) is 6.04 Å². The molecule has 84 valence electrons. The van der Waals surface area contributed by atoms with Crippen LogP contribution in [0.5, 0.6) is 0 Å². The predicted molar refractivity (Wildman–Crippen MR) is 61.1 cm³/mol. The summed E-state index contributed by atoms with van der Waals surface area (Å²) in [5.41, 5.74) is 3.24. The fourth-order valence-electron chi connectivity index (χ4n) is 1.28. The van der Waals surface area contributed by atoms with Crippen LogP contribution >= 0.6 is 15.9 Å². The average molecular weight is 284 g/mol. The average Bonchev–Trinajstić information content (AvgIpc) is 2.58. The number of carbonyl (C=O) groups is 1. The number of hydroxylamine groups is 1. The molecule has 0 aliphatic carbocycles. The van der Waals surface area contributed by atoms with Gasteiger partial charge in [-0.3, -0.25) is 0 Å². The van der Waals surface area contributed by atoms with Crippen LogP contribution in [0.15, 0.2) is 39.0 Å². The highest BCUT2D eigenvalue weighted by Crippen LogP contribution is 2.25. The number of hydrogen-bond donors (Lipinski definition) is 1. The second kappa shape index (κ2) is 4.71. The Balaban J connectivity index is 2.15. The minimum absolute atomic E-state index is 0.154. The molecule has 1 aromatic carbocycles. The zero-order chi connectivity index (χ0) is 11.5. The topological polar surface area (TPSA) is 63.0 Å². The van der Waals surface area contributed by atoms with Crippen LogP contribution in [-0.2, 0) is 9.63 Å². The first kappa shape index (κ1) is 11.2. The fourth-order valence-corrected chi connectivity index (χ4v) is 1.65. The third-order valence-corrected chi connectivity index (χ3v) is 2.87. The molecule has 1 N–H and O–H groups in total. The molecule has 1 saturated heterocycles. The summed E-state index contributed by atoms with van der Waals surface area (Å²) in [5, 5.41) is 8.00. The Bertz CT molecular complexity index is 436. The number of nitrogens with one attached hydrogen (secondary N) is 1. The van der Waals surface area contributed by atoms with Crippen molar-refractivity contribution >= 4 is 27.6 Å². The molecule has 5 nitrogen and oxygen atoms in total. The van der Waals surface area contributed by atoms with Crippen LogP contribution in [-0.4, -0.2) is 18.1 Å². The maximum atomic E-state index is 11.2. The zero-order valence-electron chi connectivity index (χ0n) is 8.55. The van der Waals surface area contributed by atoms with Crippen molar-refractivity contribution in [3.63, 3.8) is 0 Å². The molecule has 1 fully saturated rings. The molecule has 1 aliphatic rings. The molecule has 1 aromatic rings. The Morgan fingerprint density at radius 1 is 1.44 bits per heavy atom. The smallest absolute Gasteiger partial charge is 0.353 e. The molecule has 0 saturated carbocycles. The third-order valence-electron chi connectivity index (χ3n) is 2.20. The first-order valence-corrected chi connectivity index (χ1v) is 5.59. The highest BCUT2D eigenvalue weighted by Gasteiger charge is 2.34. The standard InChI is InChI=1S/C10H10BrN3O2/c1-6-9(10(15)16-14-6)13-12-8-5-3-2-4-7(8)11/h2-6,9,14H,1H3/t6-,9-/m0/s1. The molecule has 0 aromatic heterocycles. The second-order valence-electron chi connectivity index (χ2n) is 3.44. The molecular weight excluding hydrogens is 274 g/mol. The van der Waals surface area contributed by atoms with E-state index in [9.17, 15) is 4.79 Å². The van der Waals surface area contributed by atoms with Crippen molar-refractivity contribution in [2.75, 3.05) is 0 Å². The molecule has 0 unspecified atom stereocenters. The molecule has 2 atom stereocenters. The minimum atomic E-state index is -0.577. The minimum Gasteiger partial charge on any atom is -0.368 e. The van der Waals surface area contributed by atoms with Crippen LogP contribution in [0.2, 0.25) is 0 Å². The highest BCUT2D eigenvalue weighted by molar-refractivity contribution is 9.10. The normalized spacial score (nSPS) is 25.0. The summed E-state index contributed by atoms with van der Waals surface area (Å²) in [6.07, 6.45) is 0. The summed E-state index contributed by atoms with van der Waals surface area (Å²) in [4.78, 5) is 15.9. The number of nitrogens with zero attached hydrogens (tertiary/aromatic N) is 2. The second-order valence-corrected chi connectivity index (χ2v) is 4.29. The molecule has 1 heterocycles. The summed E-state index contributed by atoms with van der Waals surface area (Å²) in [7, 11) is 0. The molecule has 2 rings (SSSR count). The van der Waals surface area contributed by atoms with Crippen molar-refractivity contribution < 1.29 is 9.63 Å². The Morgan fingerprint density at radius 2 is 2.19 bits per heavy atom. The quantitative estimate of drug-likeness (QED) is 0.848. The van der Waals surface area contributed by atoms with Crippen LogP contribution in [0.3, 0.4) is 0 Å². The van der Waals surface area contributed by atoms with E-state index in [1.54, 1.807) is 0 Å². The molecular formula is C10H10BrN3O2. The lowest BCUT2D eigenvalue weighted by Gasteiger charge is -2.02. The Hall–Kier alpha value is -1.27. The van der Waals surface area contributed by atoms with E-state index in [4.69, 9.17) is 0 Å². The molecule has 0 radical (unpaired) electrons. The van der Waals surface area contributed by atoms with E-state index < -0.39 is 12.0 Å². The number of hydrogen-bond acceptors (Lipinski definition) is 5. The lowest BCUT2D eigenvalue weighted by atomic mass is 10.2. The van der Waals surface area contributed by atoms with Gasteiger partial charge in [0.15, 0.2) is 6.04 Å². The molecule has 0 amide bonds. The van der Waals surface area contributed by atoms with Gasteiger partial charge in [0.1, 0.15) is 0 Å². The van der Waals surface area contributed by atoms with Gasteiger partial charge >= 0.3 is 5.97 Å². The Labute approximate surface area is 101 Å². The van der Waals surface area contributed by atoms with Gasteiger partial charge in [-0.05, 0) is 35.0 Å². The number of halogens is 1. The van der Waals surface area contributed by atoms with Gasteiger partial charge in [-0.2, -0.15) is 10.2 Å². The van der Waals surface area contributed by atoms with Gasteiger partial charge in [-0.1, -0.05) is 12.1 Å². The number of carbonyl (C=O) groups excluding carboxylic acids is 1. The van der Waals surface area contributed by atoms with Crippen LogP contribution in [0.25, 0.3) is 0 Å². The van der Waals surface area contributed by atoms with Crippen molar-refractivity contribution in [3.8, 4) is 0 Å². The van der Waals surface area contributed by atoms with Crippen LogP contribution < -0.4 is 5.48 Å². The first-order valence-electron chi connectivity index (χ1n) is 4.80. The van der Waals surface area contributed by atoms with Crippen molar-refractivity contribution in [2.45, 2.75) is 19.0 Å². The summed E-state index contributed by atoms with van der Waals surface area (Å²) < 4.78 is 0.839. The fraction of sp³-hybridized carbons (Fsp3) is 0.300. The Kier molecular flexibility index (Phi) is 3.31. The maximum absolute atomic E-state index is 11.2. The molecule has 16 heavy (non-hydrogen) atoms. The van der Waals surface area contributed by atoms with E-state index in [0.717, 1.165) is 4.47 Å². The van der Waals surface area contributed by atoms with Crippen LogP contribution in [0.1, 0.15) is 6.92 Å². The van der Waals surface area contributed by atoms with Crippen molar-refractivity contribution in [3.05, 3.63) is 28.7 Å².